The Hall–Kier alpha value is -2.41. The molecule has 7 nitrogen and oxygen atoms in total. The van der Waals surface area contributed by atoms with Crippen LogP contribution in [0.25, 0.3) is 0 Å². The molecule has 0 saturated carbocycles. The van der Waals surface area contributed by atoms with E-state index in [0.717, 1.165) is 36.1 Å². The van der Waals surface area contributed by atoms with E-state index in [2.05, 4.69) is 4.90 Å². The molecule has 0 aliphatic carbocycles. The molecule has 28 heavy (non-hydrogen) atoms. The summed E-state index contributed by atoms with van der Waals surface area (Å²) in [7, 11) is 0. The molecule has 0 aromatic heterocycles. The lowest BCUT2D eigenvalue weighted by Crippen LogP contribution is -2.49. The number of amides is 1. The number of carboxylic acids is 1. The predicted octanol–water partition coefficient (Wildman–Crippen LogP) is 1.59. The predicted molar refractivity (Wildman–Crippen MR) is 101 cm³/mol. The second kappa shape index (κ2) is 7.54. The fraction of sp³-hybridized carbons (Fsp3) is 0.571. The van der Waals surface area contributed by atoms with E-state index < -0.39 is 12.0 Å². The van der Waals surface area contributed by atoms with Gasteiger partial charge < -0.3 is 14.7 Å². The van der Waals surface area contributed by atoms with Gasteiger partial charge >= 0.3 is 5.97 Å². The number of piperidine rings is 1. The number of Topliss-reactive ketones (excluding diaryl/α,β-unsaturated/α-hetero) is 1. The van der Waals surface area contributed by atoms with Crippen molar-refractivity contribution in [1.82, 2.24) is 9.80 Å². The van der Waals surface area contributed by atoms with Crippen LogP contribution in [0.5, 0.6) is 5.75 Å². The zero-order valence-electron chi connectivity index (χ0n) is 16.1. The number of hydrogen-bond donors (Lipinski definition) is 1. The normalized spacial score (nSPS) is 24.1. The van der Waals surface area contributed by atoms with Crippen molar-refractivity contribution in [1.29, 1.82) is 0 Å². The molecule has 1 N–H and O–H groups in total. The number of carbonyl (C=O) groups excluding carboxylic acids is 2. The number of carbonyl (C=O) groups is 3. The van der Waals surface area contributed by atoms with Crippen LogP contribution in [0.2, 0.25) is 0 Å². The van der Waals surface area contributed by atoms with Crippen LogP contribution in [0.3, 0.4) is 0 Å². The average Bonchev–Trinajstić information content (AvgIpc) is 3.32. The summed E-state index contributed by atoms with van der Waals surface area (Å²) < 4.78 is 5.51. The highest BCUT2D eigenvalue weighted by Crippen LogP contribution is 2.30. The van der Waals surface area contributed by atoms with Crippen molar-refractivity contribution in [2.45, 2.75) is 44.7 Å². The van der Waals surface area contributed by atoms with E-state index in [0.29, 0.717) is 32.7 Å². The van der Waals surface area contributed by atoms with E-state index in [-0.39, 0.29) is 23.7 Å². The summed E-state index contributed by atoms with van der Waals surface area (Å²) in [5.41, 5.74) is 1.86. The van der Waals surface area contributed by atoms with Crippen LogP contribution in [0.4, 0.5) is 0 Å². The maximum absolute atomic E-state index is 12.9. The van der Waals surface area contributed by atoms with Crippen molar-refractivity contribution in [3.8, 4) is 5.75 Å². The van der Waals surface area contributed by atoms with Gasteiger partial charge in [-0.2, -0.15) is 0 Å². The Kier molecular flexibility index (Phi) is 5.10. The Morgan fingerprint density at radius 2 is 1.93 bits per heavy atom. The van der Waals surface area contributed by atoms with Crippen molar-refractivity contribution in [2.75, 3.05) is 26.2 Å². The number of ether oxygens (including phenoxy) is 1. The van der Waals surface area contributed by atoms with Gasteiger partial charge in [-0.25, -0.2) is 4.79 Å². The maximum atomic E-state index is 12.9. The highest BCUT2D eigenvalue weighted by Gasteiger charge is 2.41. The molecule has 0 spiro atoms. The van der Waals surface area contributed by atoms with Gasteiger partial charge in [0.15, 0.2) is 5.78 Å². The Balaban J connectivity index is 1.35. The van der Waals surface area contributed by atoms with Crippen molar-refractivity contribution >= 4 is 17.7 Å². The molecule has 3 aliphatic heterocycles. The first-order chi connectivity index (χ1) is 13.5. The fourth-order valence-corrected chi connectivity index (χ4v) is 4.59. The van der Waals surface area contributed by atoms with Gasteiger partial charge in [0.2, 0.25) is 5.91 Å². The van der Waals surface area contributed by atoms with Crippen LogP contribution < -0.4 is 4.74 Å². The van der Waals surface area contributed by atoms with E-state index in [1.165, 1.54) is 4.90 Å². The third-order valence-corrected chi connectivity index (χ3v) is 6.35. The molecule has 4 rings (SSSR count). The van der Waals surface area contributed by atoms with Crippen molar-refractivity contribution in [3.05, 3.63) is 29.3 Å². The molecule has 3 aliphatic rings. The van der Waals surface area contributed by atoms with Gasteiger partial charge in [-0.1, -0.05) is 0 Å². The molecule has 2 fully saturated rings. The lowest BCUT2D eigenvalue weighted by molar-refractivity contribution is -0.148. The summed E-state index contributed by atoms with van der Waals surface area (Å²) in [6, 6.07) is 4.66. The zero-order chi connectivity index (χ0) is 19.8. The molecular weight excluding hydrogens is 360 g/mol. The van der Waals surface area contributed by atoms with Gasteiger partial charge in [0.25, 0.3) is 0 Å². The Morgan fingerprint density at radius 3 is 2.64 bits per heavy atom. The second-order valence-corrected chi connectivity index (χ2v) is 7.95. The Bertz CT molecular complexity index is 800. The summed E-state index contributed by atoms with van der Waals surface area (Å²) in [6.45, 7) is 4.09. The number of aliphatic carboxylic acids is 1. The standard InChI is InChI=1S/C21H26N2O5/c1-13(21(26)27)23-10-6-17(20(23)25)22-8-4-14(5-9-22)19(24)16-2-3-18-15(12-16)7-11-28-18/h2-3,12-14,17H,4-11H2,1H3,(H,26,27). The zero-order valence-corrected chi connectivity index (χ0v) is 16.1. The first kappa shape index (κ1) is 18.9. The van der Waals surface area contributed by atoms with Gasteiger partial charge in [-0.05, 0) is 63.0 Å². The first-order valence-electron chi connectivity index (χ1n) is 10.0. The average molecular weight is 386 g/mol. The number of ketones is 1. The minimum absolute atomic E-state index is 0.0258. The minimum Gasteiger partial charge on any atom is -0.493 e. The van der Waals surface area contributed by atoms with E-state index in [1.54, 1.807) is 6.92 Å². The van der Waals surface area contributed by atoms with E-state index >= 15 is 0 Å². The Labute approximate surface area is 164 Å². The van der Waals surface area contributed by atoms with Gasteiger partial charge in [-0.15, -0.1) is 0 Å². The van der Waals surface area contributed by atoms with Crippen LogP contribution in [0.1, 0.15) is 42.1 Å². The number of benzene rings is 1. The SMILES string of the molecule is CC(C(=O)O)N1CCC(N2CCC(C(=O)c3ccc4c(c3)CCO4)CC2)C1=O. The molecule has 3 heterocycles. The third-order valence-electron chi connectivity index (χ3n) is 6.35. The largest absolute Gasteiger partial charge is 0.493 e. The second-order valence-electron chi connectivity index (χ2n) is 7.95. The van der Waals surface area contributed by atoms with E-state index in [9.17, 15) is 14.4 Å². The smallest absolute Gasteiger partial charge is 0.326 e. The number of hydrogen-bond acceptors (Lipinski definition) is 5. The molecule has 1 aromatic rings. The monoisotopic (exact) mass is 386 g/mol. The molecule has 2 saturated heterocycles. The van der Waals surface area contributed by atoms with Gasteiger partial charge in [-0.3, -0.25) is 14.5 Å². The van der Waals surface area contributed by atoms with Crippen molar-refractivity contribution in [2.24, 2.45) is 5.92 Å². The number of likely N-dealkylation sites (tertiary alicyclic amines) is 2. The maximum Gasteiger partial charge on any atom is 0.326 e. The molecule has 0 bridgehead atoms. The highest BCUT2D eigenvalue weighted by atomic mass is 16.5. The lowest BCUT2D eigenvalue weighted by atomic mass is 9.87. The molecule has 2 unspecified atom stereocenters. The number of nitrogens with zero attached hydrogens (tertiary/aromatic N) is 2. The van der Waals surface area contributed by atoms with Gasteiger partial charge in [0, 0.05) is 24.4 Å². The molecule has 1 aromatic carbocycles. The van der Waals surface area contributed by atoms with Crippen LogP contribution in [-0.2, 0) is 16.0 Å². The van der Waals surface area contributed by atoms with E-state index in [1.807, 2.05) is 18.2 Å². The molecule has 150 valence electrons. The fourth-order valence-electron chi connectivity index (χ4n) is 4.59. The van der Waals surface area contributed by atoms with Crippen molar-refractivity contribution < 1.29 is 24.2 Å². The van der Waals surface area contributed by atoms with Crippen LogP contribution in [0, 0.1) is 5.92 Å². The minimum atomic E-state index is -0.974. The molecule has 7 heteroatoms. The summed E-state index contributed by atoms with van der Waals surface area (Å²) in [4.78, 5) is 40.3. The van der Waals surface area contributed by atoms with Gasteiger partial charge in [0.05, 0.1) is 12.6 Å². The summed E-state index contributed by atoms with van der Waals surface area (Å²) in [6.07, 6.45) is 2.96. The summed E-state index contributed by atoms with van der Waals surface area (Å²) in [5.74, 6) is -0.0435. The topological polar surface area (TPSA) is 87.2 Å². The number of carboxylic acid groups (broad SMARTS) is 1. The molecule has 0 radical (unpaired) electrons. The molecule has 2 atom stereocenters. The third kappa shape index (κ3) is 3.39. The quantitative estimate of drug-likeness (QED) is 0.774. The summed E-state index contributed by atoms with van der Waals surface area (Å²) >= 11 is 0. The van der Waals surface area contributed by atoms with Gasteiger partial charge in [0.1, 0.15) is 11.8 Å². The Morgan fingerprint density at radius 1 is 1.18 bits per heavy atom. The number of fused-ring (bicyclic) bond motifs is 1. The van der Waals surface area contributed by atoms with Crippen molar-refractivity contribution in [3.63, 3.8) is 0 Å². The molecular formula is C21H26N2O5. The molecule has 1 amide bonds. The van der Waals surface area contributed by atoms with E-state index in [4.69, 9.17) is 9.84 Å². The highest BCUT2D eigenvalue weighted by molar-refractivity contribution is 5.98. The number of rotatable bonds is 5. The lowest BCUT2D eigenvalue weighted by Gasteiger charge is -2.34. The summed E-state index contributed by atoms with van der Waals surface area (Å²) in [5, 5.41) is 9.17. The van der Waals surface area contributed by atoms with Crippen LogP contribution in [-0.4, -0.2) is 70.9 Å². The van der Waals surface area contributed by atoms with Crippen LogP contribution in [0.15, 0.2) is 18.2 Å². The van der Waals surface area contributed by atoms with Crippen LogP contribution >= 0.6 is 0 Å². The first-order valence-corrected chi connectivity index (χ1v) is 10.0.